The van der Waals surface area contributed by atoms with Gasteiger partial charge in [-0.25, -0.2) is 4.98 Å². The van der Waals surface area contributed by atoms with Crippen molar-refractivity contribution in [2.24, 2.45) is 0 Å². The molecule has 0 saturated heterocycles. The van der Waals surface area contributed by atoms with Gasteiger partial charge in [-0.2, -0.15) is 5.10 Å². The zero-order chi connectivity index (χ0) is 15.4. The quantitative estimate of drug-likeness (QED) is 0.876. The number of benzene rings is 1. The Morgan fingerprint density at radius 1 is 1.24 bits per heavy atom. The minimum Gasteiger partial charge on any atom is -0.325 e. The van der Waals surface area contributed by atoms with Crippen molar-refractivity contribution >= 4 is 35.0 Å². The second-order valence-electron chi connectivity index (χ2n) is 4.57. The number of aromatic nitrogens is 3. The topological polar surface area (TPSA) is 67.8 Å². The zero-order valence-corrected chi connectivity index (χ0v) is 13.5. The molecule has 1 aromatic heterocycles. The fourth-order valence-corrected chi connectivity index (χ4v) is 2.31. The van der Waals surface area contributed by atoms with E-state index < -0.39 is 0 Å². The molecule has 21 heavy (non-hydrogen) atoms. The summed E-state index contributed by atoms with van der Waals surface area (Å²) in [5.41, 5.74) is 3.25. The van der Waals surface area contributed by atoms with E-state index in [-0.39, 0.29) is 11.7 Å². The lowest BCUT2D eigenvalue weighted by Gasteiger charge is -2.06. The van der Waals surface area contributed by atoms with Crippen LogP contribution in [0.15, 0.2) is 23.4 Å². The van der Waals surface area contributed by atoms with E-state index >= 15 is 0 Å². The van der Waals surface area contributed by atoms with Gasteiger partial charge in [0.15, 0.2) is 0 Å². The number of carbonyl (C=O) groups is 1. The molecule has 0 fully saturated rings. The largest absolute Gasteiger partial charge is 0.325 e. The van der Waals surface area contributed by atoms with E-state index in [0.717, 1.165) is 17.0 Å². The molecule has 0 aliphatic heterocycles. The molecule has 0 atom stereocenters. The Labute approximate surface area is 132 Å². The Morgan fingerprint density at radius 3 is 2.67 bits per heavy atom. The lowest BCUT2D eigenvalue weighted by atomic mass is 10.2. The molecule has 1 aromatic carbocycles. The number of aryl methyl sites for hydroxylation is 3. The molecule has 0 aliphatic rings. The molecular weight excluding hydrogens is 308 g/mol. The maximum absolute atomic E-state index is 11.9. The zero-order valence-electron chi connectivity index (χ0n) is 12.0. The molecule has 0 saturated carbocycles. The monoisotopic (exact) mass is 322 g/mol. The third-order valence-corrected chi connectivity index (χ3v) is 4.11. The number of amides is 1. The Kier molecular flexibility index (Phi) is 5.14. The number of anilines is 1. The van der Waals surface area contributed by atoms with Crippen LogP contribution in [0, 0.1) is 20.8 Å². The molecule has 7 heteroatoms. The SMILES string of the molecule is Cc1ccc(NC(=O)CSc2nnc(C)c(C)n2)cc1Cl. The van der Waals surface area contributed by atoms with Crippen molar-refractivity contribution in [1.29, 1.82) is 0 Å². The van der Waals surface area contributed by atoms with Crippen LogP contribution in [0.4, 0.5) is 5.69 Å². The fraction of sp³-hybridized carbons (Fsp3) is 0.286. The summed E-state index contributed by atoms with van der Waals surface area (Å²) < 4.78 is 0. The minimum atomic E-state index is -0.137. The van der Waals surface area contributed by atoms with Gasteiger partial charge in [-0.05, 0) is 38.5 Å². The van der Waals surface area contributed by atoms with E-state index in [4.69, 9.17) is 11.6 Å². The lowest BCUT2D eigenvalue weighted by molar-refractivity contribution is -0.113. The van der Waals surface area contributed by atoms with Crippen LogP contribution in [0.3, 0.4) is 0 Å². The van der Waals surface area contributed by atoms with Gasteiger partial charge >= 0.3 is 0 Å². The van der Waals surface area contributed by atoms with E-state index in [9.17, 15) is 4.79 Å². The average Bonchev–Trinajstić information content (AvgIpc) is 2.44. The van der Waals surface area contributed by atoms with Crippen LogP contribution in [0.1, 0.15) is 17.0 Å². The number of carbonyl (C=O) groups excluding carboxylic acids is 1. The van der Waals surface area contributed by atoms with Gasteiger partial charge in [-0.3, -0.25) is 4.79 Å². The maximum atomic E-state index is 11.9. The van der Waals surface area contributed by atoms with Crippen molar-refractivity contribution in [2.45, 2.75) is 25.9 Å². The molecule has 0 aliphatic carbocycles. The second-order valence-corrected chi connectivity index (χ2v) is 5.92. The Balaban J connectivity index is 1.92. The molecule has 2 rings (SSSR count). The summed E-state index contributed by atoms with van der Waals surface area (Å²) in [6.07, 6.45) is 0. The van der Waals surface area contributed by atoms with Crippen molar-refractivity contribution in [3.05, 3.63) is 40.2 Å². The summed E-state index contributed by atoms with van der Waals surface area (Å²) in [5.74, 6) is 0.0807. The standard InChI is InChI=1S/C14H15ClN4OS/c1-8-4-5-11(6-12(8)15)17-13(20)7-21-14-16-9(2)10(3)18-19-14/h4-6H,7H2,1-3H3,(H,17,20). The van der Waals surface area contributed by atoms with E-state index in [0.29, 0.717) is 15.9 Å². The number of nitrogens with zero attached hydrogens (tertiary/aromatic N) is 3. The molecule has 1 heterocycles. The first-order valence-corrected chi connectivity index (χ1v) is 7.69. The second kappa shape index (κ2) is 6.87. The van der Waals surface area contributed by atoms with Gasteiger partial charge in [0.25, 0.3) is 0 Å². The van der Waals surface area contributed by atoms with E-state index in [1.165, 1.54) is 11.8 Å². The van der Waals surface area contributed by atoms with Gasteiger partial charge in [0.1, 0.15) is 0 Å². The summed E-state index contributed by atoms with van der Waals surface area (Å²) in [4.78, 5) is 16.1. The molecule has 1 amide bonds. The molecule has 0 spiro atoms. The smallest absolute Gasteiger partial charge is 0.234 e. The highest BCUT2D eigenvalue weighted by atomic mass is 35.5. The van der Waals surface area contributed by atoms with Crippen LogP contribution in [0.2, 0.25) is 5.02 Å². The van der Waals surface area contributed by atoms with Gasteiger partial charge < -0.3 is 5.32 Å². The summed E-state index contributed by atoms with van der Waals surface area (Å²) in [5, 5.41) is 11.8. The number of hydrogen-bond donors (Lipinski definition) is 1. The van der Waals surface area contributed by atoms with Gasteiger partial charge in [0, 0.05) is 10.7 Å². The van der Waals surface area contributed by atoms with Gasteiger partial charge in [-0.1, -0.05) is 29.4 Å². The summed E-state index contributed by atoms with van der Waals surface area (Å²) in [6.45, 7) is 5.62. The third kappa shape index (κ3) is 4.41. The predicted molar refractivity (Wildman–Crippen MR) is 84.8 cm³/mol. The Morgan fingerprint density at radius 2 is 2.00 bits per heavy atom. The highest BCUT2D eigenvalue weighted by molar-refractivity contribution is 7.99. The van der Waals surface area contributed by atoms with Crippen molar-refractivity contribution in [1.82, 2.24) is 15.2 Å². The van der Waals surface area contributed by atoms with E-state index in [2.05, 4.69) is 20.5 Å². The fourth-order valence-electron chi connectivity index (χ4n) is 1.50. The summed E-state index contributed by atoms with van der Waals surface area (Å²) >= 11 is 7.27. The van der Waals surface area contributed by atoms with Crippen molar-refractivity contribution in [2.75, 3.05) is 11.1 Å². The number of hydrogen-bond acceptors (Lipinski definition) is 5. The van der Waals surface area contributed by atoms with Crippen molar-refractivity contribution in [3.8, 4) is 0 Å². The van der Waals surface area contributed by atoms with E-state index in [1.807, 2.05) is 32.9 Å². The summed E-state index contributed by atoms with van der Waals surface area (Å²) in [7, 11) is 0. The molecule has 0 radical (unpaired) electrons. The molecular formula is C14H15ClN4OS. The van der Waals surface area contributed by atoms with Crippen LogP contribution in [-0.4, -0.2) is 26.8 Å². The van der Waals surface area contributed by atoms with Crippen LogP contribution in [-0.2, 0) is 4.79 Å². The Hall–Kier alpha value is -1.66. The summed E-state index contributed by atoms with van der Waals surface area (Å²) in [6, 6.07) is 5.41. The van der Waals surface area contributed by atoms with Crippen molar-refractivity contribution < 1.29 is 4.79 Å². The average molecular weight is 323 g/mol. The first kappa shape index (κ1) is 15.7. The predicted octanol–water partition coefficient (Wildman–Crippen LogP) is 3.18. The van der Waals surface area contributed by atoms with Gasteiger partial charge in [-0.15, -0.1) is 5.10 Å². The van der Waals surface area contributed by atoms with Gasteiger partial charge in [0.2, 0.25) is 11.1 Å². The molecule has 0 bridgehead atoms. The van der Waals surface area contributed by atoms with E-state index in [1.54, 1.807) is 6.07 Å². The van der Waals surface area contributed by atoms with Crippen LogP contribution >= 0.6 is 23.4 Å². The van der Waals surface area contributed by atoms with Crippen LogP contribution in [0.5, 0.6) is 0 Å². The van der Waals surface area contributed by atoms with Crippen LogP contribution in [0.25, 0.3) is 0 Å². The molecule has 0 unspecified atom stereocenters. The molecule has 110 valence electrons. The number of halogens is 1. The highest BCUT2D eigenvalue weighted by Gasteiger charge is 2.08. The molecule has 2 aromatic rings. The third-order valence-electron chi connectivity index (χ3n) is 2.86. The highest BCUT2D eigenvalue weighted by Crippen LogP contribution is 2.20. The maximum Gasteiger partial charge on any atom is 0.234 e. The molecule has 1 N–H and O–H groups in total. The van der Waals surface area contributed by atoms with Crippen molar-refractivity contribution in [3.63, 3.8) is 0 Å². The normalized spacial score (nSPS) is 10.5. The number of thioether (sulfide) groups is 1. The first-order chi connectivity index (χ1) is 9.95. The number of nitrogens with one attached hydrogen (secondary N) is 1. The van der Waals surface area contributed by atoms with Gasteiger partial charge in [0.05, 0.1) is 17.1 Å². The van der Waals surface area contributed by atoms with Crippen LogP contribution < -0.4 is 5.32 Å². The molecule has 5 nitrogen and oxygen atoms in total. The minimum absolute atomic E-state index is 0.137. The Bertz CT molecular complexity index is 678. The first-order valence-electron chi connectivity index (χ1n) is 6.32. The number of rotatable bonds is 4. The lowest BCUT2D eigenvalue weighted by Crippen LogP contribution is -2.14.